The van der Waals surface area contributed by atoms with Gasteiger partial charge in [-0.05, 0) is 19.8 Å². The molecule has 2 aliphatic rings. The first-order valence-electron chi connectivity index (χ1n) is 7.45. The van der Waals surface area contributed by atoms with Crippen LogP contribution in [0.5, 0.6) is 0 Å². The number of rotatable bonds is 4. The van der Waals surface area contributed by atoms with E-state index >= 15 is 0 Å². The van der Waals surface area contributed by atoms with Crippen molar-refractivity contribution in [3.8, 4) is 0 Å². The van der Waals surface area contributed by atoms with E-state index in [0.29, 0.717) is 26.3 Å². The van der Waals surface area contributed by atoms with Gasteiger partial charge in [0.2, 0.25) is 5.91 Å². The second kappa shape index (κ2) is 6.80. The molecule has 5 nitrogen and oxygen atoms in total. The minimum absolute atomic E-state index is 0.105. The van der Waals surface area contributed by atoms with Gasteiger partial charge in [-0.3, -0.25) is 4.79 Å². The van der Waals surface area contributed by atoms with Crippen molar-refractivity contribution in [1.29, 1.82) is 0 Å². The first-order valence-corrected chi connectivity index (χ1v) is 8.44. The van der Waals surface area contributed by atoms with Crippen molar-refractivity contribution in [3.63, 3.8) is 0 Å². The Bertz CT molecular complexity index is 377. The van der Waals surface area contributed by atoms with Gasteiger partial charge in [0.25, 0.3) is 0 Å². The van der Waals surface area contributed by atoms with Gasteiger partial charge in [0.1, 0.15) is 6.04 Å². The number of ether oxygens (including phenoxy) is 1. The minimum atomic E-state index is -0.312. The average molecular weight is 299 g/mol. The highest BCUT2D eigenvalue weighted by molar-refractivity contribution is 8.14. The fourth-order valence-corrected chi connectivity index (χ4v) is 3.90. The second-order valence-corrected chi connectivity index (χ2v) is 6.41. The number of hydrogen-bond donors (Lipinski definition) is 1. The largest absolute Gasteiger partial charge is 0.378 e. The van der Waals surface area contributed by atoms with Crippen LogP contribution in [0.25, 0.3) is 0 Å². The van der Waals surface area contributed by atoms with Gasteiger partial charge in [-0.1, -0.05) is 25.6 Å². The topological polar surface area (TPSA) is 53.9 Å². The molecule has 1 atom stereocenters. The van der Waals surface area contributed by atoms with E-state index in [1.54, 1.807) is 11.8 Å². The number of hydrogen-bond acceptors (Lipinski definition) is 4. The summed E-state index contributed by atoms with van der Waals surface area (Å²) in [6.45, 7) is 8.91. The molecule has 0 bridgehead atoms. The summed E-state index contributed by atoms with van der Waals surface area (Å²) in [6.07, 6.45) is 2.17. The molecule has 0 spiro atoms. The van der Waals surface area contributed by atoms with Gasteiger partial charge in [-0.15, -0.1) is 0 Å². The Morgan fingerprint density at radius 1 is 1.45 bits per heavy atom. The quantitative estimate of drug-likeness (QED) is 0.854. The van der Waals surface area contributed by atoms with Gasteiger partial charge >= 0.3 is 0 Å². The predicted octanol–water partition coefficient (Wildman–Crippen LogP) is 1.48. The standard InChI is InChI=1S/C14H25N3O2S/c1-4-14(5-2)10-20-13(16-14)15-11(3)12(18)17-6-8-19-9-7-17/h11H,4-10H2,1-3H3,(H,15,16). The molecule has 2 aliphatic heterocycles. The Hall–Kier alpha value is -0.750. The van der Waals surface area contributed by atoms with Crippen molar-refractivity contribution in [2.24, 2.45) is 4.99 Å². The highest BCUT2D eigenvalue weighted by Crippen LogP contribution is 2.29. The molecule has 2 rings (SSSR count). The van der Waals surface area contributed by atoms with Crippen molar-refractivity contribution in [2.45, 2.75) is 45.2 Å². The summed E-state index contributed by atoms with van der Waals surface area (Å²) < 4.78 is 5.27. The highest BCUT2D eigenvalue weighted by atomic mass is 32.2. The lowest BCUT2D eigenvalue weighted by molar-refractivity contribution is -0.136. The van der Waals surface area contributed by atoms with Crippen molar-refractivity contribution in [1.82, 2.24) is 10.2 Å². The first kappa shape index (κ1) is 15.6. The molecule has 0 radical (unpaired) electrons. The molecular weight excluding hydrogens is 274 g/mol. The zero-order valence-electron chi connectivity index (χ0n) is 12.6. The second-order valence-electron chi connectivity index (χ2n) is 5.45. The lowest BCUT2D eigenvalue weighted by Crippen LogP contribution is -2.45. The van der Waals surface area contributed by atoms with Crippen molar-refractivity contribution in [2.75, 3.05) is 32.1 Å². The monoisotopic (exact) mass is 299 g/mol. The number of carbonyl (C=O) groups is 1. The Morgan fingerprint density at radius 3 is 2.65 bits per heavy atom. The molecule has 0 aromatic heterocycles. The zero-order chi connectivity index (χ0) is 14.6. The third kappa shape index (κ3) is 3.47. The summed E-state index contributed by atoms with van der Waals surface area (Å²) in [4.78, 5) is 18.7. The van der Waals surface area contributed by atoms with E-state index < -0.39 is 0 Å². The maximum atomic E-state index is 12.3. The summed E-state index contributed by atoms with van der Waals surface area (Å²) in [6, 6.07) is -0.312. The molecule has 1 unspecified atom stereocenters. The van der Waals surface area contributed by atoms with Crippen LogP contribution in [0.2, 0.25) is 0 Å². The molecule has 20 heavy (non-hydrogen) atoms. The molecule has 1 amide bonds. The third-order valence-corrected chi connectivity index (χ3v) is 5.38. The molecule has 2 fully saturated rings. The van der Waals surface area contributed by atoms with Crippen LogP contribution in [-0.2, 0) is 9.53 Å². The molecule has 0 saturated carbocycles. The van der Waals surface area contributed by atoms with E-state index in [-0.39, 0.29) is 17.5 Å². The van der Waals surface area contributed by atoms with Crippen LogP contribution in [0.15, 0.2) is 4.99 Å². The highest BCUT2D eigenvalue weighted by Gasteiger charge is 2.34. The Morgan fingerprint density at radius 2 is 2.10 bits per heavy atom. The maximum Gasteiger partial charge on any atom is 0.247 e. The van der Waals surface area contributed by atoms with Crippen LogP contribution in [0.1, 0.15) is 33.6 Å². The molecule has 6 heteroatoms. The molecule has 1 N–H and O–H groups in total. The summed E-state index contributed by atoms with van der Waals surface area (Å²) in [5.74, 6) is 1.14. The van der Waals surface area contributed by atoms with Crippen LogP contribution >= 0.6 is 11.8 Å². The number of carbonyl (C=O) groups excluding carboxylic acids is 1. The minimum Gasteiger partial charge on any atom is -0.378 e. The summed E-state index contributed by atoms with van der Waals surface area (Å²) in [5, 5.41) is 4.43. The SMILES string of the molecule is CCC1(CC)CSC(=NC(C)C(=O)N2CCOCC2)N1. The average Bonchev–Trinajstić information content (AvgIpc) is 2.91. The van der Waals surface area contributed by atoms with Crippen molar-refractivity contribution < 1.29 is 9.53 Å². The fourth-order valence-electron chi connectivity index (χ4n) is 2.49. The van der Waals surface area contributed by atoms with Crippen LogP contribution in [0.4, 0.5) is 0 Å². The number of morpholine rings is 1. The molecule has 2 heterocycles. The number of thioether (sulfide) groups is 1. The Labute approximate surface area is 125 Å². The zero-order valence-corrected chi connectivity index (χ0v) is 13.5. The molecular formula is C14H25N3O2S. The van der Waals surface area contributed by atoms with E-state index in [0.717, 1.165) is 23.8 Å². The maximum absolute atomic E-state index is 12.3. The molecule has 0 aliphatic carbocycles. The van der Waals surface area contributed by atoms with Gasteiger partial charge in [-0.25, -0.2) is 4.99 Å². The van der Waals surface area contributed by atoms with E-state index in [1.165, 1.54) is 0 Å². The van der Waals surface area contributed by atoms with Gasteiger partial charge in [0.15, 0.2) is 5.17 Å². The number of nitrogens with one attached hydrogen (secondary N) is 1. The molecule has 0 aromatic rings. The Kier molecular flexibility index (Phi) is 5.32. The van der Waals surface area contributed by atoms with Crippen LogP contribution < -0.4 is 5.32 Å². The van der Waals surface area contributed by atoms with Crippen LogP contribution in [0, 0.1) is 0 Å². The van der Waals surface area contributed by atoms with Crippen molar-refractivity contribution in [3.05, 3.63) is 0 Å². The number of amidine groups is 1. The fraction of sp³-hybridized carbons (Fsp3) is 0.857. The van der Waals surface area contributed by atoms with Gasteiger partial charge < -0.3 is 15.0 Å². The van der Waals surface area contributed by atoms with Gasteiger partial charge in [0, 0.05) is 24.4 Å². The normalized spacial score (nSPS) is 25.6. The van der Waals surface area contributed by atoms with Gasteiger partial charge in [-0.2, -0.15) is 0 Å². The number of nitrogens with zero attached hydrogens (tertiary/aromatic N) is 2. The van der Waals surface area contributed by atoms with Gasteiger partial charge in [0.05, 0.1) is 13.2 Å². The summed E-state index contributed by atoms with van der Waals surface area (Å²) in [7, 11) is 0. The van der Waals surface area contributed by atoms with E-state index in [1.807, 2.05) is 11.8 Å². The lowest BCUT2D eigenvalue weighted by atomic mass is 9.96. The number of aliphatic imine (C=N–C) groups is 1. The summed E-state index contributed by atoms with van der Waals surface area (Å²) in [5.41, 5.74) is 0.158. The smallest absolute Gasteiger partial charge is 0.247 e. The van der Waals surface area contributed by atoms with Crippen LogP contribution in [0.3, 0.4) is 0 Å². The number of amides is 1. The predicted molar refractivity (Wildman–Crippen MR) is 83.2 cm³/mol. The lowest BCUT2D eigenvalue weighted by Gasteiger charge is -2.28. The van der Waals surface area contributed by atoms with E-state index in [9.17, 15) is 4.79 Å². The third-order valence-electron chi connectivity index (χ3n) is 4.20. The van der Waals surface area contributed by atoms with Crippen molar-refractivity contribution >= 4 is 22.8 Å². The summed E-state index contributed by atoms with van der Waals surface area (Å²) >= 11 is 1.73. The molecule has 2 saturated heterocycles. The molecule has 0 aromatic carbocycles. The van der Waals surface area contributed by atoms with E-state index in [4.69, 9.17) is 4.74 Å². The first-order chi connectivity index (χ1) is 9.60. The molecule has 114 valence electrons. The van der Waals surface area contributed by atoms with Crippen LogP contribution in [-0.4, -0.2) is 59.6 Å². The Balaban J connectivity index is 1.95. The van der Waals surface area contributed by atoms with E-state index in [2.05, 4.69) is 24.2 Å².